The minimum atomic E-state index is -1.27. The summed E-state index contributed by atoms with van der Waals surface area (Å²) in [5, 5.41) is 2.73. The number of amides is 3. The van der Waals surface area contributed by atoms with Crippen molar-refractivity contribution in [2.45, 2.75) is 38.1 Å². The average Bonchev–Trinajstić information content (AvgIpc) is 3.31. The first-order valence-corrected chi connectivity index (χ1v) is 10.1. The van der Waals surface area contributed by atoms with Gasteiger partial charge in [0.2, 0.25) is 6.79 Å². The predicted octanol–water partition coefficient (Wildman–Crippen LogP) is 2.94. The Kier molecular flexibility index (Phi) is 4.27. The van der Waals surface area contributed by atoms with E-state index < -0.39 is 17.5 Å². The van der Waals surface area contributed by atoms with E-state index in [0.717, 1.165) is 24.2 Å². The topological polar surface area (TPSA) is 84.9 Å². The smallest absolute Gasteiger partial charge is 0.325 e. The number of urea groups is 1. The highest BCUT2D eigenvalue weighted by Gasteiger charge is 2.49. The van der Waals surface area contributed by atoms with Crippen molar-refractivity contribution in [2.24, 2.45) is 0 Å². The second-order valence-corrected chi connectivity index (χ2v) is 8.13. The molecular weight excluding hydrogens is 384 g/mol. The Morgan fingerprint density at radius 3 is 2.63 bits per heavy atom. The summed E-state index contributed by atoms with van der Waals surface area (Å²) in [6.07, 6.45) is 4.28. The Labute approximate surface area is 174 Å². The quantitative estimate of drug-likeness (QED) is 0.623. The molecule has 154 valence electrons. The van der Waals surface area contributed by atoms with E-state index in [2.05, 4.69) is 5.32 Å². The van der Waals surface area contributed by atoms with Crippen LogP contribution < -0.4 is 14.8 Å². The van der Waals surface area contributed by atoms with Crippen molar-refractivity contribution in [1.82, 2.24) is 10.2 Å². The van der Waals surface area contributed by atoms with Crippen LogP contribution in [0, 0.1) is 0 Å². The predicted molar refractivity (Wildman–Crippen MR) is 108 cm³/mol. The normalized spacial score (nSPS) is 22.1. The van der Waals surface area contributed by atoms with E-state index >= 15 is 0 Å². The number of Topliss-reactive ketones (excluding diaryl/α,β-unsaturated/α-hetero) is 1. The van der Waals surface area contributed by atoms with Gasteiger partial charge < -0.3 is 14.8 Å². The number of rotatable bonds is 4. The van der Waals surface area contributed by atoms with Crippen molar-refractivity contribution in [3.05, 3.63) is 58.7 Å². The van der Waals surface area contributed by atoms with Crippen molar-refractivity contribution in [3.63, 3.8) is 0 Å². The van der Waals surface area contributed by atoms with Crippen molar-refractivity contribution in [1.29, 1.82) is 0 Å². The summed E-state index contributed by atoms with van der Waals surface area (Å²) in [7, 11) is 0. The van der Waals surface area contributed by atoms with Crippen LogP contribution in [0.4, 0.5) is 4.79 Å². The zero-order valence-corrected chi connectivity index (χ0v) is 16.7. The van der Waals surface area contributed by atoms with Gasteiger partial charge in [0, 0.05) is 5.56 Å². The molecule has 0 aromatic heterocycles. The second kappa shape index (κ2) is 6.86. The van der Waals surface area contributed by atoms with Crippen LogP contribution in [0.5, 0.6) is 11.5 Å². The van der Waals surface area contributed by atoms with Crippen molar-refractivity contribution >= 4 is 17.7 Å². The summed E-state index contributed by atoms with van der Waals surface area (Å²) >= 11 is 0. The van der Waals surface area contributed by atoms with E-state index in [0.29, 0.717) is 22.6 Å². The molecule has 3 amide bonds. The molecule has 3 aliphatic rings. The molecule has 2 heterocycles. The summed E-state index contributed by atoms with van der Waals surface area (Å²) in [4.78, 5) is 39.6. The van der Waals surface area contributed by atoms with Gasteiger partial charge >= 0.3 is 6.03 Å². The van der Waals surface area contributed by atoms with Gasteiger partial charge in [-0.25, -0.2) is 4.79 Å². The van der Waals surface area contributed by atoms with E-state index in [1.54, 1.807) is 31.2 Å². The third-order valence-electron chi connectivity index (χ3n) is 6.20. The van der Waals surface area contributed by atoms with Gasteiger partial charge in [-0.2, -0.15) is 0 Å². The SMILES string of the molecule is C[C@]1(c2ccc3c(c2)OCO3)NC(=O)N(CC(=O)c2ccc3c(c2)CCCC3)C1=O. The fourth-order valence-electron chi connectivity index (χ4n) is 4.39. The Morgan fingerprint density at radius 1 is 1.03 bits per heavy atom. The van der Waals surface area contributed by atoms with Crippen LogP contribution in [0.3, 0.4) is 0 Å². The second-order valence-electron chi connectivity index (χ2n) is 8.13. The van der Waals surface area contributed by atoms with Crippen LogP contribution in [0.2, 0.25) is 0 Å². The Morgan fingerprint density at radius 2 is 1.80 bits per heavy atom. The third kappa shape index (κ3) is 2.93. The van der Waals surface area contributed by atoms with E-state index in [1.165, 1.54) is 17.5 Å². The molecule has 7 nitrogen and oxygen atoms in total. The Balaban J connectivity index is 1.37. The summed E-state index contributed by atoms with van der Waals surface area (Å²) in [6, 6.07) is 10.2. The lowest BCUT2D eigenvalue weighted by atomic mass is 9.89. The summed E-state index contributed by atoms with van der Waals surface area (Å²) in [6.45, 7) is 1.47. The summed E-state index contributed by atoms with van der Waals surface area (Å²) < 4.78 is 10.7. The van der Waals surface area contributed by atoms with E-state index in [-0.39, 0.29) is 19.1 Å². The van der Waals surface area contributed by atoms with Gasteiger partial charge in [-0.3, -0.25) is 14.5 Å². The van der Waals surface area contributed by atoms with E-state index in [9.17, 15) is 14.4 Å². The third-order valence-corrected chi connectivity index (χ3v) is 6.20. The highest BCUT2D eigenvalue weighted by Crippen LogP contribution is 2.38. The van der Waals surface area contributed by atoms with Crippen LogP contribution in [0.25, 0.3) is 0 Å². The van der Waals surface area contributed by atoms with Gasteiger partial charge in [-0.05, 0) is 67.5 Å². The number of aryl methyl sites for hydroxylation is 2. The first-order valence-electron chi connectivity index (χ1n) is 10.1. The molecule has 1 N–H and O–H groups in total. The molecule has 1 atom stereocenters. The van der Waals surface area contributed by atoms with Gasteiger partial charge in [0.1, 0.15) is 5.54 Å². The molecule has 2 aliphatic heterocycles. The maximum Gasteiger partial charge on any atom is 0.325 e. The minimum Gasteiger partial charge on any atom is -0.454 e. The monoisotopic (exact) mass is 406 g/mol. The number of nitrogens with one attached hydrogen (secondary N) is 1. The highest BCUT2D eigenvalue weighted by molar-refractivity contribution is 6.11. The molecule has 30 heavy (non-hydrogen) atoms. The number of hydrogen-bond donors (Lipinski definition) is 1. The number of hydrogen-bond acceptors (Lipinski definition) is 5. The highest BCUT2D eigenvalue weighted by atomic mass is 16.7. The first-order chi connectivity index (χ1) is 14.5. The maximum atomic E-state index is 13.2. The average molecular weight is 406 g/mol. The van der Waals surface area contributed by atoms with E-state index in [1.807, 2.05) is 12.1 Å². The molecule has 0 saturated carbocycles. The van der Waals surface area contributed by atoms with Crippen molar-refractivity contribution in [3.8, 4) is 11.5 Å². The number of imide groups is 1. The molecule has 0 unspecified atom stereocenters. The molecule has 1 aliphatic carbocycles. The van der Waals surface area contributed by atoms with Gasteiger partial charge in [0.05, 0.1) is 6.54 Å². The number of carbonyl (C=O) groups is 3. The molecule has 1 saturated heterocycles. The van der Waals surface area contributed by atoms with Crippen LogP contribution in [-0.2, 0) is 23.2 Å². The van der Waals surface area contributed by atoms with Gasteiger partial charge in [-0.15, -0.1) is 0 Å². The molecule has 0 radical (unpaired) electrons. The van der Waals surface area contributed by atoms with Crippen molar-refractivity contribution in [2.75, 3.05) is 13.3 Å². The fraction of sp³-hybridized carbons (Fsp3) is 0.348. The first kappa shape index (κ1) is 18.7. The van der Waals surface area contributed by atoms with Crippen LogP contribution in [0.1, 0.15) is 46.8 Å². The molecule has 7 heteroatoms. The summed E-state index contributed by atoms with van der Waals surface area (Å²) in [5.74, 6) is 0.414. The molecule has 2 aromatic rings. The fourth-order valence-corrected chi connectivity index (χ4v) is 4.39. The molecule has 0 bridgehead atoms. The standard InChI is InChI=1S/C23H22N2O5/c1-23(17-8-9-19-20(11-17)30-13-29-19)21(27)25(22(28)24-23)12-18(26)16-7-6-14-4-2-3-5-15(14)10-16/h6-11H,2-5,12-13H2,1H3,(H,24,28)/t23-/m1/s1. The summed E-state index contributed by atoms with van der Waals surface area (Å²) in [5.41, 5.74) is 2.31. The zero-order chi connectivity index (χ0) is 20.9. The number of fused-ring (bicyclic) bond motifs is 2. The van der Waals surface area contributed by atoms with Crippen LogP contribution in [0.15, 0.2) is 36.4 Å². The lowest BCUT2D eigenvalue weighted by Gasteiger charge is -2.22. The Bertz CT molecular complexity index is 1080. The van der Waals surface area contributed by atoms with Gasteiger partial charge in [-0.1, -0.05) is 18.2 Å². The number of benzene rings is 2. The molecule has 0 spiro atoms. The largest absolute Gasteiger partial charge is 0.454 e. The van der Waals surface area contributed by atoms with Crippen LogP contribution in [-0.4, -0.2) is 36.0 Å². The maximum absolute atomic E-state index is 13.2. The molecule has 1 fully saturated rings. The molecule has 2 aromatic carbocycles. The number of carbonyl (C=O) groups excluding carboxylic acids is 3. The van der Waals surface area contributed by atoms with Gasteiger partial charge in [0.25, 0.3) is 5.91 Å². The van der Waals surface area contributed by atoms with Crippen LogP contribution >= 0.6 is 0 Å². The minimum absolute atomic E-state index is 0.122. The lowest BCUT2D eigenvalue weighted by Crippen LogP contribution is -2.41. The molecule has 5 rings (SSSR count). The Hall–Kier alpha value is -3.35. The molecular formula is C23H22N2O5. The van der Waals surface area contributed by atoms with E-state index in [4.69, 9.17) is 9.47 Å². The van der Waals surface area contributed by atoms with Gasteiger partial charge in [0.15, 0.2) is 17.3 Å². The number of ether oxygens (including phenoxy) is 2. The van der Waals surface area contributed by atoms with Crippen molar-refractivity contribution < 1.29 is 23.9 Å². The lowest BCUT2D eigenvalue weighted by molar-refractivity contribution is -0.130. The number of nitrogens with zero attached hydrogens (tertiary/aromatic N) is 1. The zero-order valence-electron chi connectivity index (χ0n) is 16.7. The number of ketones is 1.